The molecule has 0 radical (unpaired) electrons. The van der Waals surface area contributed by atoms with Crippen LogP contribution in [0.15, 0.2) is 18.2 Å². The van der Waals surface area contributed by atoms with E-state index in [0.29, 0.717) is 16.9 Å². The Balaban J connectivity index is 1.84. The summed E-state index contributed by atoms with van der Waals surface area (Å²) in [4.78, 5) is 13.8. The minimum Gasteiger partial charge on any atom is -0.478 e. The van der Waals surface area contributed by atoms with Gasteiger partial charge in [-0.15, -0.1) is 0 Å². The molecule has 0 aromatic heterocycles. The Morgan fingerprint density at radius 2 is 2.32 bits per heavy atom. The normalized spacial score (nSPS) is 27.2. The lowest BCUT2D eigenvalue weighted by Crippen LogP contribution is -2.42. The number of carbonyl (C=O) groups is 1. The van der Waals surface area contributed by atoms with Crippen molar-refractivity contribution in [3.8, 4) is 0 Å². The number of carboxylic acids is 1. The first kappa shape index (κ1) is 13.0. The van der Waals surface area contributed by atoms with Gasteiger partial charge >= 0.3 is 5.97 Å². The topological polar surface area (TPSA) is 40.5 Å². The van der Waals surface area contributed by atoms with Gasteiger partial charge < -0.3 is 5.11 Å². The fourth-order valence-corrected chi connectivity index (χ4v) is 4.59. The van der Waals surface area contributed by atoms with Gasteiger partial charge in [0.1, 0.15) is 0 Å². The third kappa shape index (κ3) is 2.39. The van der Waals surface area contributed by atoms with Crippen molar-refractivity contribution < 1.29 is 9.90 Å². The zero-order valence-corrected chi connectivity index (χ0v) is 11.9. The van der Waals surface area contributed by atoms with E-state index in [2.05, 4.69) is 29.7 Å². The number of benzene rings is 1. The third-order valence-electron chi connectivity index (χ3n) is 4.33. The molecule has 19 heavy (non-hydrogen) atoms. The molecule has 0 spiro atoms. The molecule has 2 heterocycles. The first-order valence-electron chi connectivity index (χ1n) is 6.86. The van der Waals surface area contributed by atoms with Gasteiger partial charge in [-0.05, 0) is 35.8 Å². The van der Waals surface area contributed by atoms with Gasteiger partial charge in [0.15, 0.2) is 0 Å². The molecule has 2 aliphatic rings. The molecule has 1 aromatic carbocycles. The fraction of sp³-hybridized carbons (Fsp3) is 0.533. The summed E-state index contributed by atoms with van der Waals surface area (Å²) in [5, 5.41) is 9.94. The lowest BCUT2D eigenvalue weighted by Gasteiger charge is -2.35. The maximum Gasteiger partial charge on any atom is 0.335 e. The van der Waals surface area contributed by atoms with E-state index >= 15 is 0 Å². The summed E-state index contributed by atoms with van der Waals surface area (Å²) in [5.74, 6) is 0.458. The Hall–Kier alpha value is -1.00. The fourth-order valence-electron chi connectivity index (χ4n) is 3.31. The number of thioether (sulfide) groups is 1. The van der Waals surface area contributed by atoms with Crippen molar-refractivity contribution in [3.63, 3.8) is 0 Å². The molecule has 0 bridgehead atoms. The summed E-state index contributed by atoms with van der Waals surface area (Å²) in [7, 11) is 0. The van der Waals surface area contributed by atoms with E-state index in [4.69, 9.17) is 0 Å². The first-order valence-corrected chi connectivity index (χ1v) is 7.91. The van der Waals surface area contributed by atoms with Crippen LogP contribution in [0.5, 0.6) is 0 Å². The number of rotatable bonds is 2. The van der Waals surface area contributed by atoms with E-state index < -0.39 is 5.97 Å². The molecule has 4 heteroatoms. The molecule has 3 nitrogen and oxygen atoms in total. The van der Waals surface area contributed by atoms with Crippen LogP contribution in [0.2, 0.25) is 0 Å². The van der Waals surface area contributed by atoms with Crippen molar-refractivity contribution in [1.29, 1.82) is 0 Å². The van der Waals surface area contributed by atoms with Gasteiger partial charge in [0.2, 0.25) is 0 Å². The summed E-state index contributed by atoms with van der Waals surface area (Å²) < 4.78 is 0. The maximum atomic E-state index is 11.2. The summed E-state index contributed by atoms with van der Waals surface area (Å²) in [6, 6.07) is 6.34. The number of fused-ring (bicyclic) bond motifs is 1. The predicted octanol–water partition coefficient (Wildman–Crippen LogP) is 2.64. The van der Waals surface area contributed by atoms with Crippen molar-refractivity contribution in [2.24, 2.45) is 0 Å². The van der Waals surface area contributed by atoms with E-state index in [0.717, 1.165) is 25.1 Å². The van der Waals surface area contributed by atoms with Crippen molar-refractivity contribution >= 4 is 17.7 Å². The van der Waals surface area contributed by atoms with Gasteiger partial charge in [0.05, 0.1) is 5.56 Å². The van der Waals surface area contributed by atoms with Gasteiger partial charge in [-0.2, -0.15) is 11.8 Å². The Kier molecular flexibility index (Phi) is 3.54. The van der Waals surface area contributed by atoms with Crippen LogP contribution in [-0.2, 0) is 13.0 Å². The van der Waals surface area contributed by atoms with Crippen LogP contribution >= 0.6 is 11.8 Å². The molecule has 2 aliphatic heterocycles. The molecule has 1 saturated heterocycles. The highest BCUT2D eigenvalue weighted by Crippen LogP contribution is 2.33. The molecule has 102 valence electrons. The van der Waals surface area contributed by atoms with Crippen molar-refractivity contribution in [2.45, 2.75) is 37.6 Å². The highest BCUT2D eigenvalue weighted by atomic mass is 32.2. The van der Waals surface area contributed by atoms with Crippen LogP contribution in [0.25, 0.3) is 0 Å². The molecule has 0 saturated carbocycles. The van der Waals surface area contributed by atoms with Crippen LogP contribution in [0.3, 0.4) is 0 Å². The summed E-state index contributed by atoms with van der Waals surface area (Å²) >= 11 is 2.05. The number of hydrogen-bond donors (Lipinski definition) is 1. The second-order valence-corrected chi connectivity index (χ2v) is 6.89. The minimum absolute atomic E-state index is 0.492. The quantitative estimate of drug-likeness (QED) is 0.902. The average molecular weight is 277 g/mol. The van der Waals surface area contributed by atoms with E-state index in [1.54, 1.807) is 6.07 Å². The first-order chi connectivity index (χ1) is 9.16. The molecule has 0 aliphatic carbocycles. The molecule has 1 fully saturated rings. The van der Waals surface area contributed by atoms with E-state index in [1.165, 1.54) is 17.7 Å². The molecule has 1 N–H and O–H groups in total. The van der Waals surface area contributed by atoms with Crippen LogP contribution in [0.4, 0.5) is 0 Å². The standard InChI is InChI=1S/C15H19NO2S/c1-10-14(6-8-19-10)16-7-5-12-11(9-16)3-2-4-13(12)15(17)18/h2-4,10,14H,5-9H2,1H3,(H,17,18). The molecular weight excluding hydrogens is 258 g/mol. The Labute approximate surface area is 118 Å². The van der Waals surface area contributed by atoms with Crippen LogP contribution in [0, 0.1) is 0 Å². The van der Waals surface area contributed by atoms with Gasteiger partial charge in [-0.1, -0.05) is 19.1 Å². The van der Waals surface area contributed by atoms with Gasteiger partial charge in [-0.25, -0.2) is 4.79 Å². The van der Waals surface area contributed by atoms with Crippen LogP contribution in [0.1, 0.15) is 34.8 Å². The van der Waals surface area contributed by atoms with Crippen molar-refractivity contribution in [1.82, 2.24) is 4.90 Å². The monoisotopic (exact) mass is 277 g/mol. The zero-order valence-electron chi connectivity index (χ0n) is 11.1. The van der Waals surface area contributed by atoms with E-state index in [-0.39, 0.29) is 0 Å². The Morgan fingerprint density at radius 3 is 3.00 bits per heavy atom. The summed E-state index contributed by atoms with van der Waals surface area (Å²) in [6.07, 6.45) is 2.13. The lowest BCUT2D eigenvalue weighted by molar-refractivity contribution is 0.0694. The number of aromatic carboxylic acids is 1. The van der Waals surface area contributed by atoms with Gasteiger partial charge in [-0.3, -0.25) is 4.90 Å². The third-order valence-corrected chi connectivity index (χ3v) is 5.64. The summed E-state index contributed by atoms with van der Waals surface area (Å²) in [6.45, 7) is 4.21. The van der Waals surface area contributed by atoms with E-state index in [9.17, 15) is 9.90 Å². The second kappa shape index (κ2) is 5.17. The number of nitrogens with zero attached hydrogens (tertiary/aromatic N) is 1. The molecule has 1 aromatic rings. The molecule has 2 atom stereocenters. The summed E-state index contributed by atoms with van der Waals surface area (Å²) in [5.41, 5.74) is 2.74. The minimum atomic E-state index is -0.796. The Bertz CT molecular complexity index is 503. The van der Waals surface area contributed by atoms with Crippen molar-refractivity contribution in [2.75, 3.05) is 12.3 Å². The average Bonchev–Trinajstić information content (AvgIpc) is 2.83. The number of carboxylic acid groups (broad SMARTS) is 1. The zero-order chi connectivity index (χ0) is 13.4. The smallest absolute Gasteiger partial charge is 0.335 e. The van der Waals surface area contributed by atoms with Crippen molar-refractivity contribution in [3.05, 3.63) is 34.9 Å². The molecule has 0 amide bonds. The van der Waals surface area contributed by atoms with Crippen LogP contribution < -0.4 is 0 Å². The Morgan fingerprint density at radius 1 is 1.47 bits per heavy atom. The van der Waals surface area contributed by atoms with Crippen LogP contribution in [-0.4, -0.2) is 39.6 Å². The molecular formula is C15H19NO2S. The largest absolute Gasteiger partial charge is 0.478 e. The SMILES string of the molecule is CC1SCCC1N1CCc2c(cccc2C(=O)O)C1. The molecule has 3 rings (SSSR count). The predicted molar refractivity (Wildman–Crippen MR) is 77.8 cm³/mol. The highest BCUT2D eigenvalue weighted by Gasteiger charge is 2.32. The van der Waals surface area contributed by atoms with Gasteiger partial charge in [0, 0.05) is 24.4 Å². The lowest BCUT2D eigenvalue weighted by atomic mass is 9.93. The highest BCUT2D eigenvalue weighted by molar-refractivity contribution is 8.00. The molecule has 2 unspecified atom stereocenters. The second-order valence-electron chi connectivity index (χ2n) is 5.40. The van der Waals surface area contributed by atoms with Gasteiger partial charge in [0.25, 0.3) is 0 Å². The number of hydrogen-bond acceptors (Lipinski definition) is 3. The maximum absolute atomic E-state index is 11.2. The van der Waals surface area contributed by atoms with E-state index in [1.807, 2.05) is 6.07 Å².